The Morgan fingerprint density at radius 3 is 3.15 bits per heavy atom. The number of amidine groups is 1. The van der Waals surface area contributed by atoms with Gasteiger partial charge >= 0.3 is 0 Å². The third-order valence-corrected chi connectivity index (χ3v) is 1.79. The molecule has 5 heteroatoms. The van der Waals surface area contributed by atoms with Crippen LogP contribution in [0.25, 0.3) is 5.52 Å². The van der Waals surface area contributed by atoms with Crippen LogP contribution in [0.15, 0.2) is 35.9 Å². The van der Waals surface area contributed by atoms with Gasteiger partial charge in [0.25, 0.3) is 0 Å². The summed E-state index contributed by atoms with van der Waals surface area (Å²) in [6.07, 6.45) is 3.46. The molecule has 0 atom stereocenters. The lowest BCUT2D eigenvalue weighted by atomic mass is 10.3. The summed E-state index contributed by atoms with van der Waals surface area (Å²) in [5, 5.41) is 11.4. The number of nitrogens with zero attached hydrogens (tertiary/aromatic N) is 3. The summed E-state index contributed by atoms with van der Waals surface area (Å²) < 4.78 is 1.80. The van der Waals surface area contributed by atoms with Crippen molar-refractivity contribution in [1.29, 1.82) is 0 Å². The molecule has 0 aromatic carbocycles. The van der Waals surface area contributed by atoms with Crippen LogP contribution in [-0.4, -0.2) is 20.4 Å². The summed E-state index contributed by atoms with van der Waals surface area (Å²) in [5.74, 6) is 0.0219. The maximum absolute atomic E-state index is 8.48. The molecule has 0 fully saturated rings. The fourth-order valence-electron chi connectivity index (χ4n) is 1.19. The van der Waals surface area contributed by atoms with E-state index in [1.807, 2.05) is 24.4 Å². The summed E-state index contributed by atoms with van der Waals surface area (Å²) in [4.78, 5) is 4.01. The van der Waals surface area contributed by atoms with E-state index in [4.69, 9.17) is 10.9 Å². The van der Waals surface area contributed by atoms with Crippen molar-refractivity contribution < 1.29 is 5.21 Å². The summed E-state index contributed by atoms with van der Waals surface area (Å²) in [5.41, 5.74) is 6.74. The third kappa shape index (κ3) is 1.10. The monoisotopic (exact) mass is 176 g/mol. The molecule has 0 saturated carbocycles. The lowest BCUT2D eigenvalue weighted by Crippen LogP contribution is -2.13. The van der Waals surface area contributed by atoms with E-state index < -0.39 is 0 Å². The second-order valence-electron chi connectivity index (χ2n) is 2.57. The highest BCUT2D eigenvalue weighted by Crippen LogP contribution is 2.07. The average molecular weight is 176 g/mol. The van der Waals surface area contributed by atoms with E-state index in [9.17, 15) is 0 Å². The molecule has 0 aliphatic heterocycles. The molecule has 66 valence electrons. The van der Waals surface area contributed by atoms with Gasteiger partial charge in [-0.3, -0.25) is 0 Å². The Hall–Kier alpha value is -2.04. The van der Waals surface area contributed by atoms with E-state index in [0.29, 0.717) is 5.69 Å². The normalized spacial score (nSPS) is 12.2. The van der Waals surface area contributed by atoms with Crippen LogP contribution in [0.3, 0.4) is 0 Å². The number of rotatable bonds is 1. The van der Waals surface area contributed by atoms with E-state index in [1.54, 1.807) is 10.7 Å². The highest BCUT2D eigenvalue weighted by molar-refractivity contribution is 6.01. The summed E-state index contributed by atoms with van der Waals surface area (Å²) in [6, 6.07) is 5.59. The number of pyridine rings is 1. The third-order valence-electron chi connectivity index (χ3n) is 1.79. The summed E-state index contributed by atoms with van der Waals surface area (Å²) in [7, 11) is 0. The van der Waals surface area contributed by atoms with Crippen LogP contribution >= 0.6 is 0 Å². The fraction of sp³-hybridized carbons (Fsp3) is 0. The molecule has 3 N–H and O–H groups in total. The van der Waals surface area contributed by atoms with E-state index in [-0.39, 0.29) is 5.84 Å². The minimum absolute atomic E-state index is 0.0219. The molecule has 0 unspecified atom stereocenters. The van der Waals surface area contributed by atoms with E-state index in [0.717, 1.165) is 5.52 Å². The van der Waals surface area contributed by atoms with Crippen molar-refractivity contribution in [2.45, 2.75) is 0 Å². The number of imidazole rings is 1. The smallest absolute Gasteiger partial charge is 0.190 e. The van der Waals surface area contributed by atoms with Crippen molar-refractivity contribution in [2.75, 3.05) is 0 Å². The van der Waals surface area contributed by atoms with Gasteiger partial charge in [0.2, 0.25) is 0 Å². The maximum atomic E-state index is 8.48. The molecule has 0 bridgehead atoms. The first kappa shape index (κ1) is 7.60. The van der Waals surface area contributed by atoms with Crippen molar-refractivity contribution in [2.24, 2.45) is 10.9 Å². The zero-order chi connectivity index (χ0) is 9.26. The Bertz CT molecular complexity index is 460. The zero-order valence-corrected chi connectivity index (χ0v) is 6.75. The minimum atomic E-state index is 0.0219. The zero-order valence-electron chi connectivity index (χ0n) is 6.75. The number of nitrogens with two attached hydrogens (primary N) is 1. The van der Waals surface area contributed by atoms with Gasteiger partial charge in [0.1, 0.15) is 12.0 Å². The van der Waals surface area contributed by atoms with Crippen LogP contribution in [0.2, 0.25) is 0 Å². The molecule has 0 saturated heterocycles. The fourth-order valence-corrected chi connectivity index (χ4v) is 1.19. The molecular formula is C8H8N4O. The highest BCUT2D eigenvalue weighted by Gasteiger charge is 2.06. The predicted octanol–water partition coefficient (Wildman–Crippen LogP) is 0.429. The molecule has 13 heavy (non-hydrogen) atoms. The molecule has 0 spiro atoms. The molecule has 0 radical (unpaired) electrons. The van der Waals surface area contributed by atoms with Gasteiger partial charge in [0, 0.05) is 6.20 Å². The van der Waals surface area contributed by atoms with Crippen molar-refractivity contribution in [1.82, 2.24) is 9.38 Å². The van der Waals surface area contributed by atoms with Crippen LogP contribution in [0.4, 0.5) is 0 Å². The topological polar surface area (TPSA) is 75.9 Å². The predicted molar refractivity (Wildman–Crippen MR) is 47.7 cm³/mol. The van der Waals surface area contributed by atoms with Crippen LogP contribution in [-0.2, 0) is 0 Å². The minimum Gasteiger partial charge on any atom is -0.409 e. The first-order valence-electron chi connectivity index (χ1n) is 3.72. The van der Waals surface area contributed by atoms with Crippen molar-refractivity contribution in [3.8, 4) is 0 Å². The largest absolute Gasteiger partial charge is 0.409 e. The van der Waals surface area contributed by atoms with E-state index in [1.165, 1.54) is 0 Å². The van der Waals surface area contributed by atoms with Gasteiger partial charge in [0.05, 0.1) is 5.52 Å². The molecule has 2 rings (SSSR count). The molecular weight excluding hydrogens is 168 g/mol. The van der Waals surface area contributed by atoms with Gasteiger partial charge in [0.15, 0.2) is 5.84 Å². The van der Waals surface area contributed by atoms with Gasteiger partial charge in [-0.1, -0.05) is 11.2 Å². The molecule has 0 aliphatic rings. The van der Waals surface area contributed by atoms with Crippen LogP contribution < -0.4 is 5.73 Å². The molecule has 2 aromatic heterocycles. The highest BCUT2D eigenvalue weighted by atomic mass is 16.4. The first-order chi connectivity index (χ1) is 6.33. The number of oxime groups is 1. The summed E-state index contributed by atoms with van der Waals surface area (Å²) >= 11 is 0. The average Bonchev–Trinajstić information content (AvgIpc) is 2.60. The van der Waals surface area contributed by atoms with Crippen molar-refractivity contribution >= 4 is 11.4 Å². The lowest BCUT2D eigenvalue weighted by Gasteiger charge is -1.94. The molecule has 2 heterocycles. The number of fused-ring (bicyclic) bond motifs is 1. The van der Waals surface area contributed by atoms with Gasteiger partial charge in [-0.05, 0) is 12.1 Å². The van der Waals surface area contributed by atoms with Crippen molar-refractivity contribution in [3.05, 3.63) is 36.4 Å². The van der Waals surface area contributed by atoms with Crippen LogP contribution in [0.1, 0.15) is 5.69 Å². The SMILES string of the molecule is N/C(=N/O)c1ncn2ccccc12. The van der Waals surface area contributed by atoms with Gasteiger partial charge < -0.3 is 15.3 Å². The Morgan fingerprint density at radius 2 is 2.38 bits per heavy atom. The standard InChI is InChI=1S/C8H8N4O/c9-8(11-13)7-6-3-1-2-4-12(6)5-10-7/h1-5,13H,(H2,9,11). The maximum Gasteiger partial charge on any atom is 0.190 e. The van der Waals surface area contributed by atoms with E-state index >= 15 is 0 Å². The first-order valence-corrected chi connectivity index (χ1v) is 3.72. The number of aromatic nitrogens is 2. The van der Waals surface area contributed by atoms with Gasteiger partial charge in [-0.2, -0.15) is 0 Å². The van der Waals surface area contributed by atoms with E-state index in [2.05, 4.69) is 10.1 Å². The van der Waals surface area contributed by atoms with Crippen LogP contribution in [0, 0.1) is 0 Å². The Morgan fingerprint density at radius 1 is 1.54 bits per heavy atom. The Balaban J connectivity index is 2.71. The molecule has 0 amide bonds. The lowest BCUT2D eigenvalue weighted by molar-refractivity contribution is 0.318. The second kappa shape index (κ2) is 2.78. The molecule has 0 aliphatic carbocycles. The molecule has 2 aromatic rings. The van der Waals surface area contributed by atoms with Gasteiger partial charge in [-0.15, -0.1) is 0 Å². The van der Waals surface area contributed by atoms with Crippen molar-refractivity contribution in [3.63, 3.8) is 0 Å². The summed E-state index contributed by atoms with van der Waals surface area (Å²) in [6.45, 7) is 0. The Kier molecular flexibility index (Phi) is 1.63. The number of hydrogen-bond acceptors (Lipinski definition) is 3. The number of hydrogen-bond donors (Lipinski definition) is 2. The van der Waals surface area contributed by atoms with Crippen LogP contribution in [0.5, 0.6) is 0 Å². The quantitative estimate of drug-likeness (QED) is 0.286. The van der Waals surface area contributed by atoms with Gasteiger partial charge in [-0.25, -0.2) is 4.98 Å². The molecule has 5 nitrogen and oxygen atoms in total. The Labute approximate surface area is 74.1 Å². The second-order valence-corrected chi connectivity index (χ2v) is 2.57.